The van der Waals surface area contributed by atoms with Crippen LogP contribution < -0.4 is 0 Å². The summed E-state index contributed by atoms with van der Waals surface area (Å²) in [6.07, 6.45) is 1.41. The molecule has 0 unspecified atom stereocenters. The zero-order valence-corrected chi connectivity index (χ0v) is 16.7. The highest BCUT2D eigenvalue weighted by molar-refractivity contribution is 5.52. The van der Waals surface area contributed by atoms with E-state index in [2.05, 4.69) is 10.0 Å². The Balaban J connectivity index is 1.72. The molecule has 1 aliphatic heterocycles. The average Bonchev–Trinajstić information content (AvgIpc) is 2.72. The smallest absolute Gasteiger partial charge is 0.273 e. The van der Waals surface area contributed by atoms with E-state index >= 15 is 0 Å². The Morgan fingerprint density at radius 3 is 2.53 bits per heavy atom. The van der Waals surface area contributed by atoms with E-state index in [-0.39, 0.29) is 24.5 Å². The summed E-state index contributed by atoms with van der Waals surface area (Å²) in [4.78, 5) is 15.2. The largest absolute Gasteiger partial charge is 0.395 e. The molecule has 0 amide bonds. The highest BCUT2D eigenvalue weighted by atomic mass is 16.6. The predicted molar refractivity (Wildman–Crippen MR) is 109 cm³/mol. The van der Waals surface area contributed by atoms with Crippen LogP contribution in [0.4, 0.5) is 11.4 Å². The third-order valence-corrected chi connectivity index (χ3v) is 5.53. The number of azide groups is 1. The monoisotopic (exact) mass is 423 g/mol. The molecule has 0 aliphatic carbocycles. The van der Waals surface area contributed by atoms with Gasteiger partial charge in [0.15, 0.2) is 0 Å². The maximum Gasteiger partial charge on any atom is 0.273 e. The molecule has 166 valence electrons. The van der Waals surface area contributed by atoms with Gasteiger partial charge in [-0.1, -0.05) is 36.5 Å². The van der Waals surface area contributed by atoms with Crippen LogP contribution in [0.5, 0.6) is 0 Å². The van der Waals surface area contributed by atoms with Crippen molar-refractivity contribution in [2.45, 2.75) is 62.9 Å². The molecule has 30 heavy (non-hydrogen) atoms. The van der Waals surface area contributed by atoms with Gasteiger partial charge >= 0.3 is 0 Å². The average molecular weight is 423 g/mol. The van der Waals surface area contributed by atoms with E-state index in [1.165, 1.54) is 6.07 Å². The molecule has 11 heteroatoms. The van der Waals surface area contributed by atoms with Gasteiger partial charge in [0.25, 0.3) is 5.69 Å². The number of hydrogen-bond acceptors (Lipinski definition) is 8. The summed E-state index contributed by atoms with van der Waals surface area (Å²) in [7, 11) is 0. The molecule has 2 rings (SSSR count). The summed E-state index contributed by atoms with van der Waals surface area (Å²) >= 11 is 0. The van der Waals surface area contributed by atoms with Crippen LogP contribution in [0, 0.1) is 10.1 Å². The van der Waals surface area contributed by atoms with Crippen molar-refractivity contribution in [3.05, 3.63) is 44.3 Å². The molecule has 0 aromatic heterocycles. The summed E-state index contributed by atoms with van der Waals surface area (Å²) < 4.78 is 0. The van der Waals surface area contributed by atoms with E-state index in [9.17, 15) is 30.5 Å². The van der Waals surface area contributed by atoms with Crippen molar-refractivity contribution in [2.24, 2.45) is 5.11 Å². The SMILES string of the molecule is [N-]=[N+]=Nc1ccc(CCCCCCCN2C[C@H](O)[C@@H](O)[C@H](O)[C@H]2CO)c([N+](=O)[O-])c1. The van der Waals surface area contributed by atoms with Crippen LogP contribution >= 0.6 is 0 Å². The quantitative estimate of drug-likeness (QED) is 0.105. The molecule has 0 saturated carbocycles. The molecule has 1 aliphatic rings. The first-order chi connectivity index (χ1) is 14.4. The van der Waals surface area contributed by atoms with Crippen molar-refractivity contribution in [1.29, 1.82) is 0 Å². The predicted octanol–water partition coefficient (Wildman–Crippen LogP) is 1.79. The molecule has 1 saturated heterocycles. The van der Waals surface area contributed by atoms with Crippen molar-refractivity contribution < 1.29 is 25.3 Å². The number of rotatable bonds is 11. The third kappa shape index (κ3) is 6.36. The fourth-order valence-electron chi connectivity index (χ4n) is 3.84. The third-order valence-electron chi connectivity index (χ3n) is 5.53. The number of aliphatic hydroxyl groups is 4. The molecule has 11 nitrogen and oxygen atoms in total. The summed E-state index contributed by atoms with van der Waals surface area (Å²) in [5.41, 5.74) is 9.23. The van der Waals surface area contributed by atoms with Crippen molar-refractivity contribution in [1.82, 2.24) is 4.90 Å². The maximum absolute atomic E-state index is 11.2. The topological polar surface area (TPSA) is 176 Å². The summed E-state index contributed by atoms with van der Waals surface area (Å²) in [5.74, 6) is 0. The minimum atomic E-state index is -1.25. The normalized spacial score (nSPS) is 24.4. The van der Waals surface area contributed by atoms with Gasteiger partial charge in [-0.3, -0.25) is 15.0 Å². The molecule has 1 heterocycles. The second-order valence-electron chi connectivity index (χ2n) is 7.57. The van der Waals surface area contributed by atoms with E-state index in [1.54, 1.807) is 17.0 Å². The first kappa shape index (κ1) is 24.0. The Kier molecular flexibility index (Phi) is 9.44. The number of aliphatic hydroxyl groups excluding tert-OH is 4. The lowest BCUT2D eigenvalue weighted by Crippen LogP contribution is -2.62. The number of aryl methyl sites for hydroxylation is 1. The summed E-state index contributed by atoms with van der Waals surface area (Å²) in [6, 6.07) is 3.89. The first-order valence-electron chi connectivity index (χ1n) is 10.1. The number of piperidine rings is 1. The van der Waals surface area contributed by atoms with E-state index in [1.807, 2.05) is 0 Å². The standard InChI is InChI=1S/C19H29N5O6/c20-22-21-14-8-7-13(15(10-14)24(29)30)6-4-2-1-3-5-9-23-11-17(26)19(28)18(27)16(23)12-25/h7-8,10,16-19,25-28H,1-6,9,11-12H2/t16-,17+,18-,19-/m1/s1. The van der Waals surface area contributed by atoms with Crippen LogP contribution in [0.3, 0.4) is 0 Å². The molecule has 4 N–H and O–H groups in total. The Labute approximate surface area is 174 Å². The van der Waals surface area contributed by atoms with Crippen LogP contribution in [-0.2, 0) is 6.42 Å². The van der Waals surface area contributed by atoms with Crippen LogP contribution in [0.15, 0.2) is 23.3 Å². The van der Waals surface area contributed by atoms with Gasteiger partial charge in [0.05, 0.1) is 23.7 Å². The number of likely N-dealkylation sites (tertiary alicyclic amines) is 1. The van der Waals surface area contributed by atoms with Gasteiger partial charge in [0, 0.05) is 28.8 Å². The minimum Gasteiger partial charge on any atom is -0.395 e. The summed E-state index contributed by atoms with van der Waals surface area (Å²) in [6.45, 7) is 0.513. The van der Waals surface area contributed by atoms with E-state index < -0.39 is 29.3 Å². The minimum absolute atomic E-state index is 0.0423. The molecule has 1 aromatic rings. The van der Waals surface area contributed by atoms with Crippen molar-refractivity contribution in [2.75, 3.05) is 19.7 Å². The zero-order valence-electron chi connectivity index (χ0n) is 16.7. The van der Waals surface area contributed by atoms with Crippen LogP contribution in [0.2, 0.25) is 0 Å². The molecular weight excluding hydrogens is 394 g/mol. The van der Waals surface area contributed by atoms with Crippen LogP contribution in [0.25, 0.3) is 10.4 Å². The lowest BCUT2D eigenvalue weighted by molar-refractivity contribution is -0.385. The number of unbranched alkanes of at least 4 members (excludes halogenated alkanes) is 4. The number of nitrogens with zero attached hydrogens (tertiary/aromatic N) is 5. The Bertz CT molecular complexity index is 757. The molecule has 0 radical (unpaired) electrons. The number of β-amino-alcohol motifs (C(OH)–C–C–N with tert-alkyl or cyclic N) is 1. The van der Waals surface area contributed by atoms with Crippen LogP contribution in [0.1, 0.15) is 37.7 Å². The van der Waals surface area contributed by atoms with E-state index in [0.717, 1.165) is 32.1 Å². The Hall–Kier alpha value is -2.27. The molecule has 1 fully saturated rings. The Morgan fingerprint density at radius 1 is 1.17 bits per heavy atom. The van der Waals surface area contributed by atoms with E-state index in [0.29, 0.717) is 18.5 Å². The van der Waals surface area contributed by atoms with Crippen molar-refractivity contribution in [3.63, 3.8) is 0 Å². The fourth-order valence-corrected chi connectivity index (χ4v) is 3.84. The van der Waals surface area contributed by atoms with Gasteiger partial charge in [0.2, 0.25) is 0 Å². The van der Waals surface area contributed by atoms with E-state index in [4.69, 9.17) is 5.53 Å². The molecule has 1 aromatic carbocycles. The lowest BCUT2D eigenvalue weighted by atomic mass is 9.94. The fraction of sp³-hybridized carbons (Fsp3) is 0.684. The molecule has 0 spiro atoms. The first-order valence-corrected chi connectivity index (χ1v) is 10.1. The Morgan fingerprint density at radius 2 is 1.87 bits per heavy atom. The van der Waals surface area contributed by atoms with Gasteiger partial charge in [-0.15, -0.1) is 0 Å². The highest BCUT2D eigenvalue weighted by Crippen LogP contribution is 2.27. The summed E-state index contributed by atoms with van der Waals surface area (Å²) in [5, 5.41) is 53.6. The molecule has 0 bridgehead atoms. The molecule has 4 atom stereocenters. The number of benzene rings is 1. The number of hydrogen-bond donors (Lipinski definition) is 4. The van der Waals surface area contributed by atoms with Crippen molar-refractivity contribution >= 4 is 11.4 Å². The number of nitro benzene ring substituents is 1. The van der Waals surface area contributed by atoms with Gasteiger partial charge in [0.1, 0.15) is 12.2 Å². The van der Waals surface area contributed by atoms with Crippen LogP contribution in [-0.4, -0.2) is 74.3 Å². The highest BCUT2D eigenvalue weighted by Gasteiger charge is 2.40. The van der Waals surface area contributed by atoms with Gasteiger partial charge in [-0.25, -0.2) is 0 Å². The zero-order chi connectivity index (χ0) is 22.1. The molecular formula is C19H29N5O6. The second kappa shape index (κ2) is 11.8. The maximum atomic E-state index is 11.2. The van der Waals surface area contributed by atoms with Gasteiger partial charge in [-0.05, 0) is 31.3 Å². The van der Waals surface area contributed by atoms with Crippen molar-refractivity contribution in [3.8, 4) is 0 Å². The lowest BCUT2D eigenvalue weighted by Gasteiger charge is -2.43. The van der Waals surface area contributed by atoms with Gasteiger partial charge < -0.3 is 20.4 Å². The van der Waals surface area contributed by atoms with Gasteiger partial charge in [-0.2, -0.15) is 0 Å². The second-order valence-corrected chi connectivity index (χ2v) is 7.57. The number of nitro groups is 1.